The highest BCUT2D eigenvalue weighted by Crippen LogP contribution is 2.34. The van der Waals surface area contributed by atoms with Crippen LogP contribution in [0.15, 0.2) is 30.6 Å². The van der Waals surface area contributed by atoms with Crippen LogP contribution in [0.4, 0.5) is 0 Å². The van der Waals surface area contributed by atoms with E-state index in [0.717, 1.165) is 11.3 Å². The average molecular weight is 213 g/mol. The first-order valence-electron chi connectivity index (χ1n) is 5.89. The van der Waals surface area contributed by atoms with Crippen molar-refractivity contribution in [3.8, 4) is 11.3 Å². The van der Waals surface area contributed by atoms with Crippen molar-refractivity contribution in [3.63, 3.8) is 0 Å². The maximum Gasteiger partial charge on any atom is 0.0939 e. The Balaban J connectivity index is 1.87. The summed E-state index contributed by atoms with van der Waals surface area (Å²) in [5.74, 6) is 0.693. The van der Waals surface area contributed by atoms with E-state index >= 15 is 0 Å². The standard InChI is InChI=1S/C13H15N3/c1-2-5-10(4-1)12-8-13(16-15-12)11-6-3-7-14-9-11/h3,6-10H,1-2,4-5H2,(H,15,16). The molecule has 0 aromatic carbocycles. The topological polar surface area (TPSA) is 41.6 Å². The zero-order valence-electron chi connectivity index (χ0n) is 9.19. The number of pyridine rings is 1. The van der Waals surface area contributed by atoms with E-state index in [1.807, 2.05) is 18.3 Å². The van der Waals surface area contributed by atoms with Crippen molar-refractivity contribution in [2.75, 3.05) is 0 Å². The summed E-state index contributed by atoms with van der Waals surface area (Å²) in [6.45, 7) is 0. The summed E-state index contributed by atoms with van der Waals surface area (Å²) in [5, 5.41) is 7.53. The highest BCUT2D eigenvalue weighted by Gasteiger charge is 2.19. The Hall–Kier alpha value is -1.64. The first-order chi connectivity index (χ1) is 7.93. The van der Waals surface area contributed by atoms with Crippen molar-refractivity contribution in [1.82, 2.24) is 15.2 Å². The van der Waals surface area contributed by atoms with Gasteiger partial charge in [-0.15, -0.1) is 0 Å². The zero-order valence-corrected chi connectivity index (χ0v) is 9.19. The Bertz CT molecular complexity index is 455. The van der Waals surface area contributed by atoms with Crippen LogP contribution >= 0.6 is 0 Å². The third-order valence-electron chi connectivity index (χ3n) is 3.35. The Kier molecular flexibility index (Phi) is 2.44. The molecule has 0 saturated heterocycles. The van der Waals surface area contributed by atoms with E-state index < -0.39 is 0 Å². The number of rotatable bonds is 2. The third kappa shape index (κ3) is 1.73. The minimum atomic E-state index is 0.693. The second-order valence-electron chi connectivity index (χ2n) is 4.43. The summed E-state index contributed by atoms with van der Waals surface area (Å²) < 4.78 is 0. The Labute approximate surface area is 94.9 Å². The molecular weight excluding hydrogens is 198 g/mol. The van der Waals surface area contributed by atoms with Gasteiger partial charge in [-0.1, -0.05) is 12.8 Å². The summed E-state index contributed by atoms with van der Waals surface area (Å²) in [6, 6.07) is 6.16. The summed E-state index contributed by atoms with van der Waals surface area (Å²) >= 11 is 0. The summed E-state index contributed by atoms with van der Waals surface area (Å²) in [7, 11) is 0. The maximum absolute atomic E-state index is 4.37. The summed E-state index contributed by atoms with van der Waals surface area (Å²) in [5.41, 5.74) is 3.38. The van der Waals surface area contributed by atoms with Crippen LogP contribution < -0.4 is 0 Å². The molecule has 1 aliphatic carbocycles. The van der Waals surface area contributed by atoms with Crippen LogP contribution in [0.2, 0.25) is 0 Å². The van der Waals surface area contributed by atoms with Crippen molar-refractivity contribution < 1.29 is 0 Å². The number of hydrogen-bond donors (Lipinski definition) is 1. The predicted molar refractivity (Wildman–Crippen MR) is 63.0 cm³/mol. The molecule has 3 nitrogen and oxygen atoms in total. The molecule has 82 valence electrons. The molecule has 1 aliphatic rings. The van der Waals surface area contributed by atoms with Gasteiger partial charge in [0.15, 0.2) is 0 Å². The molecule has 2 heterocycles. The fraction of sp³-hybridized carbons (Fsp3) is 0.385. The molecule has 0 atom stereocenters. The minimum Gasteiger partial charge on any atom is -0.282 e. The Morgan fingerprint density at radius 2 is 2.12 bits per heavy atom. The van der Waals surface area contributed by atoms with Gasteiger partial charge in [-0.3, -0.25) is 10.1 Å². The lowest BCUT2D eigenvalue weighted by Gasteiger charge is -2.03. The molecular formula is C13H15N3. The van der Waals surface area contributed by atoms with Gasteiger partial charge in [-0.2, -0.15) is 5.10 Å². The molecule has 0 spiro atoms. The molecule has 3 rings (SSSR count). The predicted octanol–water partition coefficient (Wildman–Crippen LogP) is 3.13. The van der Waals surface area contributed by atoms with E-state index in [4.69, 9.17) is 0 Å². The van der Waals surface area contributed by atoms with Gasteiger partial charge in [0.05, 0.1) is 5.69 Å². The lowest BCUT2D eigenvalue weighted by atomic mass is 10.0. The van der Waals surface area contributed by atoms with Gasteiger partial charge in [-0.25, -0.2) is 0 Å². The van der Waals surface area contributed by atoms with Crippen LogP contribution in [0, 0.1) is 0 Å². The highest BCUT2D eigenvalue weighted by molar-refractivity contribution is 5.57. The minimum absolute atomic E-state index is 0.693. The van der Waals surface area contributed by atoms with Crippen molar-refractivity contribution in [3.05, 3.63) is 36.3 Å². The second-order valence-corrected chi connectivity index (χ2v) is 4.43. The van der Waals surface area contributed by atoms with Crippen LogP contribution in [0.5, 0.6) is 0 Å². The average Bonchev–Trinajstić information content (AvgIpc) is 3.01. The van der Waals surface area contributed by atoms with Crippen molar-refractivity contribution in [2.24, 2.45) is 0 Å². The van der Waals surface area contributed by atoms with E-state index in [1.54, 1.807) is 6.20 Å². The monoisotopic (exact) mass is 213 g/mol. The molecule has 2 aromatic heterocycles. The summed E-state index contributed by atoms with van der Waals surface area (Å²) in [6.07, 6.45) is 8.95. The first kappa shape index (κ1) is 9.58. The van der Waals surface area contributed by atoms with Gasteiger partial charge in [0.25, 0.3) is 0 Å². The fourth-order valence-electron chi connectivity index (χ4n) is 2.44. The van der Waals surface area contributed by atoms with Gasteiger partial charge in [0.1, 0.15) is 0 Å². The molecule has 0 unspecified atom stereocenters. The molecule has 0 bridgehead atoms. The lowest BCUT2D eigenvalue weighted by molar-refractivity contribution is 0.693. The maximum atomic E-state index is 4.37. The molecule has 0 aliphatic heterocycles. The number of nitrogens with zero attached hydrogens (tertiary/aromatic N) is 2. The molecule has 16 heavy (non-hydrogen) atoms. The molecule has 2 aromatic rings. The van der Waals surface area contributed by atoms with Crippen LogP contribution in [0.25, 0.3) is 11.3 Å². The Morgan fingerprint density at radius 1 is 1.25 bits per heavy atom. The molecule has 0 radical (unpaired) electrons. The second kappa shape index (κ2) is 4.08. The van der Waals surface area contributed by atoms with Gasteiger partial charge in [0.2, 0.25) is 0 Å². The number of hydrogen-bond acceptors (Lipinski definition) is 2. The van der Waals surface area contributed by atoms with Crippen LogP contribution in [-0.4, -0.2) is 15.2 Å². The Morgan fingerprint density at radius 3 is 2.88 bits per heavy atom. The van der Waals surface area contributed by atoms with Crippen molar-refractivity contribution in [2.45, 2.75) is 31.6 Å². The number of aromatic nitrogens is 3. The molecule has 1 saturated carbocycles. The van der Waals surface area contributed by atoms with E-state index in [0.29, 0.717) is 5.92 Å². The third-order valence-corrected chi connectivity index (χ3v) is 3.35. The first-order valence-corrected chi connectivity index (χ1v) is 5.89. The SMILES string of the molecule is c1cncc(-c2cc(C3CCCC3)[nH]n2)c1. The van der Waals surface area contributed by atoms with Gasteiger partial charge < -0.3 is 0 Å². The van der Waals surface area contributed by atoms with Crippen molar-refractivity contribution >= 4 is 0 Å². The fourth-order valence-corrected chi connectivity index (χ4v) is 2.44. The van der Waals surface area contributed by atoms with Gasteiger partial charge >= 0.3 is 0 Å². The van der Waals surface area contributed by atoms with Crippen LogP contribution in [-0.2, 0) is 0 Å². The largest absolute Gasteiger partial charge is 0.282 e. The number of aromatic amines is 1. The molecule has 1 N–H and O–H groups in total. The molecule has 1 fully saturated rings. The van der Waals surface area contributed by atoms with Gasteiger partial charge in [0, 0.05) is 29.6 Å². The van der Waals surface area contributed by atoms with Crippen LogP contribution in [0.1, 0.15) is 37.3 Å². The van der Waals surface area contributed by atoms with E-state index in [9.17, 15) is 0 Å². The molecule has 0 amide bonds. The quantitative estimate of drug-likeness (QED) is 0.832. The lowest BCUT2D eigenvalue weighted by Crippen LogP contribution is -1.91. The highest BCUT2D eigenvalue weighted by atomic mass is 15.1. The van der Waals surface area contributed by atoms with E-state index in [2.05, 4.69) is 21.2 Å². The molecule has 3 heteroatoms. The normalized spacial score (nSPS) is 16.8. The number of H-pyrrole nitrogens is 1. The van der Waals surface area contributed by atoms with E-state index in [-0.39, 0.29) is 0 Å². The van der Waals surface area contributed by atoms with Crippen molar-refractivity contribution in [1.29, 1.82) is 0 Å². The van der Waals surface area contributed by atoms with E-state index in [1.165, 1.54) is 31.4 Å². The number of nitrogens with one attached hydrogen (secondary N) is 1. The zero-order chi connectivity index (χ0) is 10.8. The summed E-state index contributed by atoms with van der Waals surface area (Å²) in [4.78, 5) is 4.11. The smallest absolute Gasteiger partial charge is 0.0939 e. The van der Waals surface area contributed by atoms with Gasteiger partial charge in [-0.05, 0) is 31.0 Å². The van der Waals surface area contributed by atoms with Crippen LogP contribution in [0.3, 0.4) is 0 Å².